The van der Waals surface area contributed by atoms with Crippen LogP contribution in [0.25, 0.3) is 110 Å². The van der Waals surface area contributed by atoms with Crippen molar-refractivity contribution in [1.29, 1.82) is 0 Å². The van der Waals surface area contributed by atoms with Crippen LogP contribution in [0.1, 0.15) is 0 Å². The third-order valence-corrected chi connectivity index (χ3v) is 10.9. The first-order valence-electron chi connectivity index (χ1n) is 18.4. The first-order chi connectivity index (χ1) is 26.8. The number of rotatable bonds is 5. The summed E-state index contributed by atoms with van der Waals surface area (Å²) in [7, 11) is 0. The maximum absolute atomic E-state index is 6.83. The van der Waals surface area contributed by atoms with Gasteiger partial charge in [-0.05, 0) is 84.8 Å². The molecule has 11 rings (SSSR count). The number of hydrogen-bond acceptors (Lipinski definition) is 2. The first kappa shape index (κ1) is 30.5. The Kier molecular flexibility index (Phi) is 6.90. The molecule has 2 heteroatoms. The van der Waals surface area contributed by atoms with Crippen LogP contribution in [0.3, 0.4) is 0 Å². The highest BCUT2D eigenvalue weighted by Crippen LogP contribution is 2.51. The third kappa shape index (κ3) is 4.67. The van der Waals surface area contributed by atoms with Crippen LogP contribution in [0, 0.1) is 0 Å². The van der Waals surface area contributed by atoms with E-state index >= 15 is 0 Å². The molecule has 0 saturated carbocycles. The van der Waals surface area contributed by atoms with Gasteiger partial charge in [-0.25, -0.2) is 0 Å². The summed E-state index contributed by atoms with van der Waals surface area (Å²) in [5.74, 6) is 0.878. The van der Waals surface area contributed by atoms with Crippen molar-refractivity contribution in [3.05, 3.63) is 194 Å². The lowest BCUT2D eigenvalue weighted by molar-refractivity contribution is 0.632. The molecule has 54 heavy (non-hydrogen) atoms. The normalized spacial score (nSPS) is 11.7. The molecule has 2 aromatic heterocycles. The molecule has 252 valence electrons. The number of hydrogen-bond donors (Lipinski definition) is 0. The SMILES string of the molecule is c1ccc(-c2ccc3oc4cccc(-c5c6ccccc6c(-c6cccc7oc(-c8ccccc8)c(-c8ccccc8)c67)c6ccccc56)c4c3c2)cc1. The number of furan rings is 2. The molecule has 9 aromatic carbocycles. The summed E-state index contributed by atoms with van der Waals surface area (Å²) < 4.78 is 13.4. The summed E-state index contributed by atoms with van der Waals surface area (Å²) in [5, 5.41) is 8.12. The summed E-state index contributed by atoms with van der Waals surface area (Å²) in [6.07, 6.45) is 0. The van der Waals surface area contributed by atoms with Crippen molar-refractivity contribution in [3.63, 3.8) is 0 Å². The van der Waals surface area contributed by atoms with Gasteiger partial charge in [0.05, 0.1) is 0 Å². The summed E-state index contributed by atoms with van der Waals surface area (Å²) in [4.78, 5) is 0. The molecule has 0 unspecified atom stereocenters. The van der Waals surface area contributed by atoms with Crippen LogP contribution < -0.4 is 0 Å². The second kappa shape index (κ2) is 12.2. The lowest BCUT2D eigenvalue weighted by atomic mass is 9.83. The molecular formula is C52H32O2. The van der Waals surface area contributed by atoms with Gasteiger partial charge in [-0.1, -0.05) is 170 Å². The molecule has 0 radical (unpaired) electrons. The van der Waals surface area contributed by atoms with Crippen LogP contribution in [0.2, 0.25) is 0 Å². The van der Waals surface area contributed by atoms with Crippen LogP contribution in [0.15, 0.2) is 203 Å². The van der Waals surface area contributed by atoms with Gasteiger partial charge in [0, 0.05) is 27.3 Å². The van der Waals surface area contributed by atoms with Gasteiger partial charge in [-0.3, -0.25) is 0 Å². The molecule has 11 aromatic rings. The maximum Gasteiger partial charge on any atom is 0.143 e. The summed E-state index contributed by atoms with van der Waals surface area (Å²) in [5.41, 5.74) is 13.0. The van der Waals surface area contributed by atoms with Crippen LogP contribution >= 0.6 is 0 Å². The zero-order chi connectivity index (χ0) is 35.6. The monoisotopic (exact) mass is 688 g/mol. The highest BCUT2D eigenvalue weighted by Gasteiger charge is 2.25. The highest BCUT2D eigenvalue weighted by molar-refractivity contribution is 6.28. The smallest absolute Gasteiger partial charge is 0.143 e. The topological polar surface area (TPSA) is 26.3 Å². The molecule has 0 N–H and O–H groups in total. The van der Waals surface area contributed by atoms with Gasteiger partial charge in [-0.15, -0.1) is 0 Å². The summed E-state index contributed by atoms with van der Waals surface area (Å²) >= 11 is 0. The molecule has 0 bridgehead atoms. The average Bonchev–Trinajstić information content (AvgIpc) is 3.83. The fraction of sp³-hybridized carbons (Fsp3) is 0. The molecule has 0 aliphatic heterocycles. The maximum atomic E-state index is 6.83. The fourth-order valence-electron chi connectivity index (χ4n) is 8.58. The van der Waals surface area contributed by atoms with E-state index in [0.717, 1.165) is 66.5 Å². The fourth-order valence-corrected chi connectivity index (χ4v) is 8.58. The Hall–Kier alpha value is -7.16. The molecule has 0 fully saturated rings. The van der Waals surface area contributed by atoms with Gasteiger partial charge in [0.25, 0.3) is 0 Å². The van der Waals surface area contributed by atoms with Crippen molar-refractivity contribution in [2.75, 3.05) is 0 Å². The van der Waals surface area contributed by atoms with Crippen molar-refractivity contribution in [2.45, 2.75) is 0 Å². The van der Waals surface area contributed by atoms with Gasteiger partial charge in [0.2, 0.25) is 0 Å². The molecule has 2 nitrogen and oxygen atoms in total. The molecule has 0 aliphatic rings. The Labute approximate surface area is 312 Å². The van der Waals surface area contributed by atoms with E-state index in [9.17, 15) is 0 Å². The van der Waals surface area contributed by atoms with E-state index < -0.39 is 0 Å². The molecular weight excluding hydrogens is 657 g/mol. The van der Waals surface area contributed by atoms with Gasteiger partial charge in [0.1, 0.15) is 22.5 Å². The number of benzene rings is 9. The van der Waals surface area contributed by atoms with Crippen molar-refractivity contribution in [1.82, 2.24) is 0 Å². The Bertz CT molecular complexity index is 3130. The van der Waals surface area contributed by atoms with Crippen LogP contribution in [0.4, 0.5) is 0 Å². The van der Waals surface area contributed by atoms with E-state index in [1.54, 1.807) is 0 Å². The van der Waals surface area contributed by atoms with Gasteiger partial charge in [0.15, 0.2) is 0 Å². The predicted molar refractivity (Wildman–Crippen MR) is 226 cm³/mol. The minimum Gasteiger partial charge on any atom is -0.456 e. The second-order valence-corrected chi connectivity index (χ2v) is 13.9. The van der Waals surface area contributed by atoms with E-state index in [1.165, 1.54) is 43.8 Å². The zero-order valence-electron chi connectivity index (χ0n) is 29.3. The lowest BCUT2D eigenvalue weighted by Gasteiger charge is -2.19. The second-order valence-electron chi connectivity index (χ2n) is 13.9. The van der Waals surface area contributed by atoms with E-state index in [4.69, 9.17) is 8.83 Å². The zero-order valence-corrected chi connectivity index (χ0v) is 29.3. The van der Waals surface area contributed by atoms with Crippen LogP contribution in [0.5, 0.6) is 0 Å². The standard InChI is InChI=1S/C52H32O2/c1-4-16-33(17-5-1)36-30-31-44-43(32-36)50-41(26-14-28-45(50)53-44)48-37-22-10-12-24-39(37)49(40-25-13-11-23-38(40)48)42-27-15-29-46-51(42)47(34-18-6-2-7-19-34)52(54-46)35-20-8-3-9-21-35/h1-32H. The van der Waals surface area contributed by atoms with E-state index in [2.05, 4.69) is 194 Å². The Morgan fingerprint density at radius 2 is 0.741 bits per heavy atom. The van der Waals surface area contributed by atoms with Gasteiger partial charge < -0.3 is 8.83 Å². The molecule has 0 spiro atoms. The average molecular weight is 689 g/mol. The van der Waals surface area contributed by atoms with Crippen LogP contribution in [-0.2, 0) is 0 Å². The molecule has 0 saturated heterocycles. The van der Waals surface area contributed by atoms with Crippen molar-refractivity contribution < 1.29 is 8.83 Å². The Morgan fingerprint density at radius 1 is 0.259 bits per heavy atom. The lowest BCUT2D eigenvalue weighted by Crippen LogP contribution is -1.92. The van der Waals surface area contributed by atoms with Crippen molar-refractivity contribution in [3.8, 4) is 55.8 Å². The first-order valence-corrected chi connectivity index (χ1v) is 18.4. The summed E-state index contributed by atoms with van der Waals surface area (Å²) in [6.45, 7) is 0. The largest absolute Gasteiger partial charge is 0.456 e. The Balaban J connectivity index is 1.24. The van der Waals surface area contributed by atoms with E-state index in [1.807, 2.05) is 0 Å². The molecule has 0 aliphatic carbocycles. The Morgan fingerprint density at radius 3 is 1.31 bits per heavy atom. The van der Waals surface area contributed by atoms with Crippen molar-refractivity contribution >= 4 is 54.5 Å². The molecule has 2 heterocycles. The van der Waals surface area contributed by atoms with Gasteiger partial charge >= 0.3 is 0 Å². The molecule has 0 amide bonds. The predicted octanol–water partition coefficient (Wildman–Crippen LogP) is 15.0. The summed E-state index contributed by atoms with van der Waals surface area (Å²) in [6, 6.07) is 69.0. The highest BCUT2D eigenvalue weighted by atomic mass is 16.3. The van der Waals surface area contributed by atoms with E-state index in [0.29, 0.717) is 0 Å². The quantitative estimate of drug-likeness (QED) is 0.168. The molecule has 0 atom stereocenters. The van der Waals surface area contributed by atoms with Gasteiger partial charge in [-0.2, -0.15) is 0 Å². The minimum atomic E-state index is 0.867. The third-order valence-electron chi connectivity index (χ3n) is 10.9. The van der Waals surface area contributed by atoms with Crippen LogP contribution in [-0.4, -0.2) is 0 Å². The minimum absolute atomic E-state index is 0.867. The number of fused-ring (bicyclic) bond motifs is 6. The van der Waals surface area contributed by atoms with Crippen molar-refractivity contribution in [2.24, 2.45) is 0 Å². The van der Waals surface area contributed by atoms with E-state index in [-0.39, 0.29) is 0 Å².